The van der Waals surface area contributed by atoms with Crippen LogP contribution in [0.2, 0.25) is 0 Å². The maximum absolute atomic E-state index is 10.4. The van der Waals surface area contributed by atoms with Crippen LogP contribution in [0.4, 0.5) is 5.69 Å². The van der Waals surface area contributed by atoms with Crippen LogP contribution >= 0.6 is 0 Å². The predicted octanol–water partition coefficient (Wildman–Crippen LogP) is 2.46. The summed E-state index contributed by atoms with van der Waals surface area (Å²) in [5.41, 5.74) is 1.33. The van der Waals surface area contributed by atoms with Crippen LogP contribution in [0.3, 0.4) is 0 Å². The van der Waals surface area contributed by atoms with Gasteiger partial charge in [-0.2, -0.15) is 0 Å². The van der Waals surface area contributed by atoms with E-state index in [1.807, 2.05) is 0 Å². The predicted molar refractivity (Wildman–Crippen MR) is 57.0 cm³/mol. The minimum atomic E-state index is -0.450. The van der Waals surface area contributed by atoms with E-state index in [4.69, 9.17) is 5.21 Å². The molecule has 0 saturated carbocycles. The van der Waals surface area contributed by atoms with E-state index in [0.717, 1.165) is 5.56 Å². The molecule has 0 radical (unpaired) electrons. The molecule has 0 atom stereocenters. The Morgan fingerprint density at radius 2 is 2.07 bits per heavy atom. The van der Waals surface area contributed by atoms with Crippen molar-refractivity contribution < 1.29 is 10.1 Å². The third-order valence-electron chi connectivity index (χ3n) is 1.78. The topological polar surface area (TPSA) is 75.7 Å². The lowest BCUT2D eigenvalue weighted by atomic mass is 10.2. The molecule has 0 fully saturated rings. The van der Waals surface area contributed by atoms with Crippen molar-refractivity contribution in [3.05, 3.63) is 46.0 Å². The minimum Gasteiger partial charge on any atom is -0.411 e. The van der Waals surface area contributed by atoms with E-state index in [0.29, 0.717) is 5.71 Å². The van der Waals surface area contributed by atoms with Crippen molar-refractivity contribution in [3.8, 4) is 0 Å². The van der Waals surface area contributed by atoms with Gasteiger partial charge in [-0.05, 0) is 30.7 Å². The van der Waals surface area contributed by atoms with Crippen LogP contribution in [0.25, 0.3) is 6.08 Å². The highest BCUT2D eigenvalue weighted by molar-refractivity contribution is 5.95. The van der Waals surface area contributed by atoms with E-state index in [2.05, 4.69) is 5.16 Å². The quantitative estimate of drug-likeness (QED) is 0.357. The molecule has 5 heteroatoms. The average molecular weight is 206 g/mol. The second kappa shape index (κ2) is 4.90. The normalized spacial score (nSPS) is 11.9. The number of nitro benzene ring substituents is 1. The molecule has 0 bridgehead atoms. The van der Waals surface area contributed by atoms with Crippen LogP contribution in [-0.2, 0) is 0 Å². The highest BCUT2D eigenvalue weighted by Gasteiger charge is 2.01. The highest BCUT2D eigenvalue weighted by atomic mass is 16.6. The Bertz CT molecular complexity index is 407. The molecule has 0 heterocycles. The van der Waals surface area contributed by atoms with Gasteiger partial charge in [-0.3, -0.25) is 10.1 Å². The van der Waals surface area contributed by atoms with Crippen LogP contribution in [0.15, 0.2) is 35.5 Å². The number of nitro groups is 1. The first kappa shape index (κ1) is 10.9. The molecule has 1 aromatic rings. The smallest absolute Gasteiger partial charge is 0.269 e. The van der Waals surface area contributed by atoms with E-state index >= 15 is 0 Å². The Kier molecular flexibility index (Phi) is 3.56. The van der Waals surface area contributed by atoms with E-state index in [1.54, 1.807) is 31.2 Å². The first-order valence-corrected chi connectivity index (χ1v) is 4.24. The minimum absolute atomic E-state index is 0.0553. The monoisotopic (exact) mass is 206 g/mol. The van der Waals surface area contributed by atoms with Crippen LogP contribution in [0.5, 0.6) is 0 Å². The molecule has 0 aromatic heterocycles. The summed E-state index contributed by atoms with van der Waals surface area (Å²) in [6.07, 6.45) is 3.32. The molecule has 1 aromatic carbocycles. The third kappa shape index (κ3) is 3.22. The van der Waals surface area contributed by atoms with Gasteiger partial charge in [0.05, 0.1) is 10.6 Å². The summed E-state index contributed by atoms with van der Waals surface area (Å²) in [4.78, 5) is 9.91. The second-order valence-electron chi connectivity index (χ2n) is 2.92. The third-order valence-corrected chi connectivity index (χ3v) is 1.78. The molecule has 0 unspecified atom stereocenters. The van der Waals surface area contributed by atoms with Crippen molar-refractivity contribution >= 4 is 17.5 Å². The van der Waals surface area contributed by atoms with Gasteiger partial charge < -0.3 is 5.21 Å². The Balaban J connectivity index is 2.81. The number of nitrogens with zero attached hydrogens (tertiary/aromatic N) is 2. The van der Waals surface area contributed by atoms with Crippen molar-refractivity contribution in [2.45, 2.75) is 6.92 Å². The second-order valence-corrected chi connectivity index (χ2v) is 2.92. The highest BCUT2D eigenvalue weighted by Crippen LogP contribution is 2.12. The van der Waals surface area contributed by atoms with E-state index in [-0.39, 0.29) is 5.69 Å². The van der Waals surface area contributed by atoms with Crippen LogP contribution in [0.1, 0.15) is 12.5 Å². The Labute approximate surface area is 86.5 Å². The molecular formula is C10H10N2O3. The summed E-state index contributed by atoms with van der Waals surface area (Å²) < 4.78 is 0. The first-order chi connectivity index (χ1) is 7.13. The zero-order chi connectivity index (χ0) is 11.3. The zero-order valence-corrected chi connectivity index (χ0v) is 8.12. The van der Waals surface area contributed by atoms with E-state index in [1.165, 1.54) is 12.1 Å². The fourth-order valence-electron chi connectivity index (χ4n) is 0.957. The molecule has 0 aliphatic rings. The van der Waals surface area contributed by atoms with E-state index in [9.17, 15) is 10.1 Å². The average Bonchev–Trinajstić information content (AvgIpc) is 2.26. The Morgan fingerprint density at radius 1 is 1.47 bits per heavy atom. The molecule has 1 rings (SSSR count). The lowest BCUT2D eigenvalue weighted by Crippen LogP contribution is -1.87. The van der Waals surface area contributed by atoms with Gasteiger partial charge >= 0.3 is 0 Å². The van der Waals surface area contributed by atoms with Gasteiger partial charge in [0, 0.05) is 12.1 Å². The van der Waals surface area contributed by atoms with Crippen molar-refractivity contribution in [1.29, 1.82) is 0 Å². The molecule has 5 nitrogen and oxygen atoms in total. The largest absolute Gasteiger partial charge is 0.411 e. The number of non-ortho nitro benzene ring substituents is 1. The zero-order valence-electron chi connectivity index (χ0n) is 8.12. The summed E-state index contributed by atoms with van der Waals surface area (Å²) >= 11 is 0. The molecule has 0 aliphatic carbocycles. The standard InChI is InChI=1S/C10H10N2O3/c1-8(11-13)2-3-9-4-6-10(7-5-9)12(14)15/h2-7,13H,1H3/b3-2+,11-8?. The molecule has 0 spiro atoms. The van der Waals surface area contributed by atoms with Crippen molar-refractivity contribution in [2.24, 2.45) is 5.16 Å². The number of oxime groups is 1. The number of rotatable bonds is 3. The van der Waals surface area contributed by atoms with Gasteiger partial charge in [-0.25, -0.2) is 0 Å². The molecule has 0 aliphatic heterocycles. The van der Waals surface area contributed by atoms with Gasteiger partial charge in [-0.15, -0.1) is 0 Å². The van der Waals surface area contributed by atoms with Gasteiger partial charge in [0.25, 0.3) is 5.69 Å². The summed E-state index contributed by atoms with van der Waals surface area (Å²) in [5, 5.41) is 21.7. The molecule has 0 amide bonds. The molecular weight excluding hydrogens is 196 g/mol. The van der Waals surface area contributed by atoms with Crippen LogP contribution < -0.4 is 0 Å². The lowest BCUT2D eigenvalue weighted by Gasteiger charge is -1.93. The maximum atomic E-state index is 10.4. The Hall–Kier alpha value is -2.17. The number of hydrogen-bond donors (Lipinski definition) is 1. The van der Waals surface area contributed by atoms with Gasteiger partial charge in [-0.1, -0.05) is 11.2 Å². The number of allylic oxidation sites excluding steroid dienone is 1. The van der Waals surface area contributed by atoms with Crippen molar-refractivity contribution in [3.63, 3.8) is 0 Å². The van der Waals surface area contributed by atoms with E-state index < -0.39 is 4.92 Å². The maximum Gasteiger partial charge on any atom is 0.269 e. The molecule has 78 valence electrons. The Morgan fingerprint density at radius 3 is 2.53 bits per heavy atom. The fourth-order valence-corrected chi connectivity index (χ4v) is 0.957. The number of benzene rings is 1. The molecule has 0 saturated heterocycles. The van der Waals surface area contributed by atoms with Crippen LogP contribution in [0, 0.1) is 10.1 Å². The summed E-state index contributed by atoms with van der Waals surface area (Å²) in [5.74, 6) is 0. The SMILES string of the molecule is CC(/C=C/c1ccc([N+](=O)[O-])cc1)=NO. The molecule has 15 heavy (non-hydrogen) atoms. The van der Waals surface area contributed by atoms with Gasteiger partial charge in [0.2, 0.25) is 0 Å². The summed E-state index contributed by atoms with van der Waals surface area (Å²) in [7, 11) is 0. The number of hydrogen-bond acceptors (Lipinski definition) is 4. The fraction of sp³-hybridized carbons (Fsp3) is 0.100. The van der Waals surface area contributed by atoms with Crippen LogP contribution in [-0.4, -0.2) is 15.8 Å². The summed E-state index contributed by atoms with van der Waals surface area (Å²) in [6, 6.07) is 6.09. The van der Waals surface area contributed by atoms with Crippen molar-refractivity contribution in [1.82, 2.24) is 0 Å². The van der Waals surface area contributed by atoms with Crippen molar-refractivity contribution in [2.75, 3.05) is 0 Å². The summed E-state index contributed by atoms with van der Waals surface area (Å²) in [6.45, 7) is 1.64. The van der Waals surface area contributed by atoms with Gasteiger partial charge in [0.1, 0.15) is 0 Å². The molecule has 1 N–H and O–H groups in total. The lowest BCUT2D eigenvalue weighted by molar-refractivity contribution is -0.384. The first-order valence-electron chi connectivity index (χ1n) is 4.24. The van der Waals surface area contributed by atoms with Gasteiger partial charge in [0.15, 0.2) is 0 Å².